The van der Waals surface area contributed by atoms with Gasteiger partial charge in [-0.25, -0.2) is 4.79 Å². The lowest BCUT2D eigenvalue weighted by atomic mass is 10.1. The number of ether oxygens (including phenoxy) is 2. The van der Waals surface area contributed by atoms with Crippen LogP contribution in [-0.4, -0.2) is 48.8 Å². The molecule has 1 unspecified atom stereocenters. The smallest absolute Gasteiger partial charge is 0.416 e. The number of aliphatic imine (C=N–C) groups is 1. The molecule has 1 fully saturated rings. The second-order valence-corrected chi connectivity index (χ2v) is 6.60. The normalized spacial score (nSPS) is 16.9. The summed E-state index contributed by atoms with van der Waals surface area (Å²) in [5.74, 6) is -1.12. The van der Waals surface area contributed by atoms with Gasteiger partial charge < -0.3 is 20.3 Å². The molecule has 1 amide bonds. The largest absolute Gasteiger partial charge is 0.490 e. The molecule has 164 valence electrons. The molecule has 3 N–H and O–H groups in total. The zero-order chi connectivity index (χ0) is 22.6. The van der Waals surface area contributed by atoms with E-state index in [1.165, 1.54) is 17.0 Å². The van der Waals surface area contributed by atoms with Crippen molar-refractivity contribution in [2.24, 2.45) is 10.7 Å². The number of carboxylic acid groups (broad SMARTS) is 1. The van der Waals surface area contributed by atoms with Crippen LogP contribution in [0.25, 0.3) is 0 Å². The molecule has 1 heterocycles. The van der Waals surface area contributed by atoms with E-state index in [0.29, 0.717) is 11.3 Å². The average molecular weight is 437 g/mol. The van der Waals surface area contributed by atoms with Gasteiger partial charge in [-0.3, -0.25) is 14.7 Å². The molecule has 0 spiro atoms. The molecule has 1 aliphatic rings. The van der Waals surface area contributed by atoms with Crippen molar-refractivity contribution in [1.29, 1.82) is 0 Å². The Labute approximate surface area is 174 Å². The number of halogens is 3. The van der Waals surface area contributed by atoms with Crippen molar-refractivity contribution < 1.29 is 37.3 Å². The van der Waals surface area contributed by atoms with Crippen LogP contribution in [0.2, 0.25) is 0 Å². The molecule has 1 atom stereocenters. The fourth-order valence-corrected chi connectivity index (χ4v) is 2.85. The van der Waals surface area contributed by atoms with E-state index in [0.717, 1.165) is 12.1 Å². The predicted molar refractivity (Wildman–Crippen MR) is 104 cm³/mol. The molecule has 2 aromatic carbocycles. The molecular formula is C20H18F3N3O5. The van der Waals surface area contributed by atoms with Crippen LogP contribution in [0.1, 0.15) is 11.1 Å². The molecule has 2 aromatic rings. The highest BCUT2D eigenvalue weighted by molar-refractivity contribution is 6.00. The number of amides is 1. The summed E-state index contributed by atoms with van der Waals surface area (Å²) in [7, 11) is 0. The maximum Gasteiger partial charge on any atom is 0.416 e. The molecule has 0 aliphatic carbocycles. The highest BCUT2D eigenvalue weighted by atomic mass is 19.4. The number of alkyl halides is 3. The predicted octanol–water partition coefficient (Wildman–Crippen LogP) is 2.90. The van der Waals surface area contributed by atoms with Crippen LogP contribution in [-0.2, 0) is 15.7 Å². The fraction of sp³-hybridized carbons (Fsp3) is 0.250. The first kappa shape index (κ1) is 21.9. The van der Waals surface area contributed by atoms with Crippen LogP contribution in [0.5, 0.6) is 5.75 Å². The molecule has 31 heavy (non-hydrogen) atoms. The van der Waals surface area contributed by atoms with Gasteiger partial charge in [0.05, 0.1) is 12.1 Å². The van der Waals surface area contributed by atoms with Crippen LogP contribution in [0.4, 0.5) is 23.7 Å². The van der Waals surface area contributed by atoms with Crippen molar-refractivity contribution >= 4 is 23.6 Å². The van der Waals surface area contributed by atoms with Gasteiger partial charge in [-0.1, -0.05) is 18.2 Å². The van der Waals surface area contributed by atoms with E-state index in [4.69, 9.17) is 20.3 Å². The Morgan fingerprint density at radius 2 is 2.00 bits per heavy atom. The SMILES string of the molecule is NC(=NCC(=O)O)c1cccc(N2CC(COc3cccc(C(F)(F)F)c3)OC2=O)c1. The van der Waals surface area contributed by atoms with E-state index in [1.54, 1.807) is 24.3 Å². The maximum absolute atomic E-state index is 12.8. The topological polar surface area (TPSA) is 114 Å². The van der Waals surface area contributed by atoms with Gasteiger partial charge in [0.25, 0.3) is 0 Å². The molecule has 1 aliphatic heterocycles. The highest BCUT2D eigenvalue weighted by Crippen LogP contribution is 2.31. The maximum atomic E-state index is 12.8. The Balaban J connectivity index is 1.65. The molecule has 0 aromatic heterocycles. The number of nitrogens with zero attached hydrogens (tertiary/aromatic N) is 2. The third-order valence-electron chi connectivity index (χ3n) is 4.31. The van der Waals surface area contributed by atoms with Gasteiger partial charge in [-0.2, -0.15) is 13.2 Å². The first-order valence-electron chi connectivity index (χ1n) is 9.04. The number of hydrogen-bond acceptors (Lipinski definition) is 5. The first-order chi connectivity index (χ1) is 14.6. The van der Waals surface area contributed by atoms with E-state index in [-0.39, 0.29) is 24.7 Å². The van der Waals surface area contributed by atoms with E-state index < -0.39 is 36.5 Å². The van der Waals surface area contributed by atoms with Crippen molar-refractivity contribution in [1.82, 2.24) is 0 Å². The third-order valence-corrected chi connectivity index (χ3v) is 4.31. The number of carboxylic acids is 1. The molecule has 0 bridgehead atoms. The summed E-state index contributed by atoms with van der Waals surface area (Å²) in [6.07, 6.45) is -5.85. The van der Waals surface area contributed by atoms with Crippen LogP contribution in [0, 0.1) is 0 Å². The molecule has 11 heteroatoms. The molecule has 0 saturated carbocycles. The van der Waals surface area contributed by atoms with Crippen LogP contribution < -0.4 is 15.4 Å². The number of hydrogen-bond donors (Lipinski definition) is 2. The number of rotatable bonds is 7. The minimum absolute atomic E-state index is 0.00115. The Bertz CT molecular complexity index is 1010. The Morgan fingerprint density at radius 3 is 2.71 bits per heavy atom. The number of carbonyl (C=O) groups excluding carboxylic acids is 1. The van der Waals surface area contributed by atoms with Gasteiger partial charge >= 0.3 is 18.2 Å². The lowest BCUT2D eigenvalue weighted by molar-refractivity contribution is -0.138. The summed E-state index contributed by atoms with van der Waals surface area (Å²) in [4.78, 5) is 27.9. The van der Waals surface area contributed by atoms with Gasteiger partial charge in [-0.05, 0) is 30.3 Å². The Hall–Kier alpha value is -3.76. The van der Waals surface area contributed by atoms with Crippen molar-refractivity contribution in [2.75, 3.05) is 24.6 Å². The minimum Gasteiger partial charge on any atom is -0.490 e. The van der Waals surface area contributed by atoms with E-state index in [1.807, 2.05) is 0 Å². The number of carbonyl (C=O) groups is 2. The summed E-state index contributed by atoms with van der Waals surface area (Å²) in [5.41, 5.74) is 5.81. The van der Waals surface area contributed by atoms with Gasteiger partial charge in [0.2, 0.25) is 0 Å². The van der Waals surface area contributed by atoms with E-state index in [2.05, 4.69) is 4.99 Å². The zero-order valence-corrected chi connectivity index (χ0v) is 16.0. The van der Waals surface area contributed by atoms with Crippen molar-refractivity contribution in [3.8, 4) is 5.75 Å². The number of cyclic esters (lactones) is 1. The summed E-state index contributed by atoms with van der Waals surface area (Å²) in [6.45, 7) is -0.518. The Kier molecular flexibility index (Phi) is 6.33. The van der Waals surface area contributed by atoms with E-state index >= 15 is 0 Å². The fourth-order valence-electron chi connectivity index (χ4n) is 2.85. The minimum atomic E-state index is -4.49. The standard InChI is InChI=1S/C20H18F3N3O5/c21-20(22,23)13-4-2-6-15(8-13)30-11-16-10-26(19(29)31-16)14-5-1-3-12(7-14)18(24)25-9-17(27)28/h1-8,16H,9-11H2,(H2,24,25)(H,27,28). The second kappa shape index (κ2) is 8.94. The molecular weight excluding hydrogens is 419 g/mol. The lowest BCUT2D eigenvalue weighted by Crippen LogP contribution is -2.27. The third kappa shape index (κ3) is 5.65. The zero-order valence-electron chi connectivity index (χ0n) is 16.0. The van der Waals surface area contributed by atoms with Gasteiger partial charge in [0.15, 0.2) is 6.10 Å². The van der Waals surface area contributed by atoms with Gasteiger partial charge in [0.1, 0.15) is 24.7 Å². The molecule has 3 rings (SSSR count). The molecule has 8 nitrogen and oxygen atoms in total. The van der Waals surface area contributed by atoms with Crippen LogP contribution >= 0.6 is 0 Å². The molecule has 1 saturated heterocycles. The average Bonchev–Trinajstić information content (AvgIpc) is 3.10. The second-order valence-electron chi connectivity index (χ2n) is 6.60. The van der Waals surface area contributed by atoms with Gasteiger partial charge in [0, 0.05) is 11.3 Å². The first-order valence-corrected chi connectivity index (χ1v) is 9.04. The monoisotopic (exact) mass is 437 g/mol. The number of anilines is 1. The highest BCUT2D eigenvalue weighted by Gasteiger charge is 2.34. The molecule has 0 radical (unpaired) electrons. The van der Waals surface area contributed by atoms with Gasteiger partial charge in [-0.15, -0.1) is 0 Å². The number of amidine groups is 1. The van der Waals surface area contributed by atoms with E-state index in [9.17, 15) is 22.8 Å². The summed E-state index contributed by atoms with van der Waals surface area (Å²) >= 11 is 0. The van der Waals surface area contributed by atoms with Crippen LogP contribution in [0.15, 0.2) is 53.5 Å². The Morgan fingerprint density at radius 1 is 1.26 bits per heavy atom. The van der Waals surface area contributed by atoms with Crippen molar-refractivity contribution in [2.45, 2.75) is 12.3 Å². The number of nitrogens with two attached hydrogens (primary N) is 1. The lowest BCUT2D eigenvalue weighted by Gasteiger charge is -2.15. The summed E-state index contributed by atoms with van der Waals surface area (Å²) < 4.78 is 49.0. The number of benzene rings is 2. The number of aliphatic carboxylic acids is 1. The summed E-state index contributed by atoms with van der Waals surface area (Å²) in [5, 5.41) is 8.69. The van der Waals surface area contributed by atoms with Crippen LogP contribution in [0.3, 0.4) is 0 Å². The van der Waals surface area contributed by atoms with Crippen molar-refractivity contribution in [3.05, 3.63) is 59.7 Å². The quantitative estimate of drug-likeness (QED) is 0.509. The summed E-state index contributed by atoms with van der Waals surface area (Å²) in [6, 6.07) is 10.8. The van der Waals surface area contributed by atoms with Crippen molar-refractivity contribution in [3.63, 3.8) is 0 Å².